The third-order valence-corrected chi connectivity index (χ3v) is 2.86. The Morgan fingerprint density at radius 3 is 2.88 bits per heavy atom. The van der Waals surface area contributed by atoms with Gasteiger partial charge in [-0.2, -0.15) is 0 Å². The van der Waals surface area contributed by atoms with E-state index in [2.05, 4.69) is 10.2 Å². The molecule has 0 aliphatic carbocycles. The predicted molar refractivity (Wildman–Crippen MR) is 66.7 cm³/mol. The predicted octanol–water partition coefficient (Wildman–Crippen LogP) is 3.11. The molecule has 2 N–H and O–H groups in total. The summed E-state index contributed by atoms with van der Waals surface area (Å²) in [7, 11) is 0. The molecule has 0 amide bonds. The van der Waals surface area contributed by atoms with Gasteiger partial charge in [-0.3, -0.25) is 0 Å². The first-order valence-corrected chi connectivity index (χ1v) is 5.85. The molecule has 0 bridgehead atoms. The van der Waals surface area contributed by atoms with E-state index in [1.165, 1.54) is 0 Å². The average Bonchev–Trinajstić information content (AvgIpc) is 2.80. The maximum atomic E-state index is 5.95. The van der Waals surface area contributed by atoms with Crippen molar-refractivity contribution in [3.8, 4) is 11.5 Å². The van der Waals surface area contributed by atoms with Crippen LogP contribution in [-0.2, 0) is 0 Å². The minimum atomic E-state index is -0.212. The fourth-order valence-corrected chi connectivity index (χ4v) is 1.66. The number of nitrogens with zero attached hydrogens (tertiary/aromatic N) is 2. The van der Waals surface area contributed by atoms with Gasteiger partial charge in [-0.1, -0.05) is 24.6 Å². The molecule has 0 radical (unpaired) electrons. The van der Waals surface area contributed by atoms with Crippen molar-refractivity contribution in [1.82, 2.24) is 10.2 Å². The second-order valence-corrected chi connectivity index (χ2v) is 4.36. The zero-order valence-corrected chi connectivity index (χ0v) is 10.5. The molecule has 1 aromatic carbocycles. The largest absolute Gasteiger partial charge is 0.419 e. The summed E-state index contributed by atoms with van der Waals surface area (Å²) in [5.41, 5.74) is 7.71. The lowest BCUT2D eigenvalue weighted by Crippen LogP contribution is -2.08. The van der Waals surface area contributed by atoms with Gasteiger partial charge in [-0.25, -0.2) is 0 Å². The Labute approximate surface area is 105 Å². The number of benzene rings is 1. The van der Waals surface area contributed by atoms with Crippen LogP contribution in [0.15, 0.2) is 22.6 Å². The summed E-state index contributed by atoms with van der Waals surface area (Å²) in [6.07, 6.45) is 0.760. The molecule has 0 aliphatic heterocycles. The summed E-state index contributed by atoms with van der Waals surface area (Å²) >= 11 is 5.95. The number of aryl methyl sites for hydroxylation is 1. The van der Waals surface area contributed by atoms with Gasteiger partial charge in [0, 0.05) is 10.6 Å². The molecule has 1 aromatic heterocycles. The van der Waals surface area contributed by atoms with Crippen LogP contribution < -0.4 is 5.73 Å². The molecular weight excluding hydrogens is 238 g/mol. The molecule has 17 heavy (non-hydrogen) atoms. The van der Waals surface area contributed by atoms with Gasteiger partial charge in [0.05, 0.1) is 6.04 Å². The lowest BCUT2D eigenvalue weighted by Gasteiger charge is -2.02. The average molecular weight is 252 g/mol. The van der Waals surface area contributed by atoms with Crippen LogP contribution in [0.2, 0.25) is 5.02 Å². The third-order valence-electron chi connectivity index (χ3n) is 2.63. The smallest absolute Gasteiger partial charge is 0.248 e. The number of rotatable bonds is 3. The molecule has 0 aliphatic rings. The minimum Gasteiger partial charge on any atom is -0.419 e. The Hall–Kier alpha value is -1.39. The molecule has 0 saturated heterocycles. The molecule has 5 heteroatoms. The Balaban J connectivity index is 2.40. The second-order valence-electron chi connectivity index (χ2n) is 3.92. The van der Waals surface area contributed by atoms with Gasteiger partial charge in [-0.15, -0.1) is 10.2 Å². The fraction of sp³-hybridized carbons (Fsp3) is 0.333. The van der Waals surface area contributed by atoms with Gasteiger partial charge >= 0.3 is 0 Å². The van der Waals surface area contributed by atoms with Crippen molar-refractivity contribution < 1.29 is 4.42 Å². The highest BCUT2D eigenvalue weighted by Gasteiger charge is 2.15. The standard InChI is InChI=1S/C12H14ClN3O/c1-3-10(14)12-16-15-11(17-12)9-6-8(13)5-4-7(9)2/h4-6,10H,3,14H2,1-2H3. The van der Waals surface area contributed by atoms with Crippen LogP contribution in [0.1, 0.15) is 30.8 Å². The molecule has 0 fully saturated rings. The molecule has 2 aromatic rings. The fourth-order valence-electron chi connectivity index (χ4n) is 1.49. The van der Waals surface area contributed by atoms with Crippen molar-refractivity contribution in [2.45, 2.75) is 26.3 Å². The molecular formula is C12H14ClN3O. The summed E-state index contributed by atoms with van der Waals surface area (Å²) in [6, 6.07) is 5.35. The highest BCUT2D eigenvalue weighted by molar-refractivity contribution is 6.30. The molecule has 4 nitrogen and oxygen atoms in total. The number of halogens is 1. The molecule has 1 unspecified atom stereocenters. The first kappa shape index (κ1) is 12.1. The summed E-state index contributed by atoms with van der Waals surface area (Å²) in [5.74, 6) is 0.922. The number of hydrogen-bond donors (Lipinski definition) is 1. The molecule has 2 rings (SSSR count). The zero-order valence-electron chi connectivity index (χ0n) is 9.77. The van der Waals surface area contributed by atoms with Gasteiger partial charge in [-0.05, 0) is 31.0 Å². The van der Waals surface area contributed by atoms with Crippen molar-refractivity contribution in [2.24, 2.45) is 5.73 Å². The Morgan fingerprint density at radius 1 is 1.41 bits per heavy atom. The molecule has 1 heterocycles. The van der Waals surface area contributed by atoms with E-state index in [-0.39, 0.29) is 6.04 Å². The number of nitrogens with two attached hydrogens (primary N) is 1. The van der Waals surface area contributed by atoms with E-state index in [0.717, 1.165) is 17.5 Å². The van der Waals surface area contributed by atoms with Crippen LogP contribution in [0.4, 0.5) is 0 Å². The van der Waals surface area contributed by atoms with Gasteiger partial charge in [0.1, 0.15) is 0 Å². The monoisotopic (exact) mass is 251 g/mol. The molecule has 1 atom stereocenters. The number of hydrogen-bond acceptors (Lipinski definition) is 4. The van der Waals surface area contributed by atoms with E-state index in [9.17, 15) is 0 Å². The lowest BCUT2D eigenvalue weighted by molar-refractivity contribution is 0.452. The molecule has 90 valence electrons. The first-order valence-electron chi connectivity index (χ1n) is 5.47. The SMILES string of the molecule is CCC(N)c1nnc(-c2cc(Cl)ccc2C)o1. The van der Waals surface area contributed by atoms with Crippen molar-refractivity contribution >= 4 is 11.6 Å². The highest BCUT2D eigenvalue weighted by Crippen LogP contribution is 2.26. The highest BCUT2D eigenvalue weighted by atomic mass is 35.5. The van der Waals surface area contributed by atoms with Gasteiger partial charge in [0.2, 0.25) is 11.8 Å². The maximum absolute atomic E-state index is 5.95. The molecule has 0 spiro atoms. The van der Waals surface area contributed by atoms with E-state index in [4.69, 9.17) is 21.8 Å². The third kappa shape index (κ3) is 2.48. The summed E-state index contributed by atoms with van der Waals surface area (Å²) < 4.78 is 5.55. The quantitative estimate of drug-likeness (QED) is 0.910. The summed E-state index contributed by atoms with van der Waals surface area (Å²) in [5, 5.41) is 8.60. The van der Waals surface area contributed by atoms with Crippen LogP contribution in [0, 0.1) is 6.92 Å². The van der Waals surface area contributed by atoms with E-state index in [1.54, 1.807) is 0 Å². The van der Waals surface area contributed by atoms with Gasteiger partial charge in [0.25, 0.3) is 0 Å². The van der Waals surface area contributed by atoms with Crippen molar-refractivity contribution in [1.29, 1.82) is 0 Å². The van der Waals surface area contributed by atoms with Crippen molar-refractivity contribution in [3.63, 3.8) is 0 Å². The summed E-state index contributed by atoms with van der Waals surface area (Å²) in [6.45, 7) is 3.94. The van der Waals surface area contributed by atoms with Crippen LogP contribution >= 0.6 is 11.6 Å². The van der Waals surface area contributed by atoms with Gasteiger partial charge in [0.15, 0.2) is 0 Å². The van der Waals surface area contributed by atoms with Crippen LogP contribution in [-0.4, -0.2) is 10.2 Å². The van der Waals surface area contributed by atoms with E-state index < -0.39 is 0 Å². The zero-order chi connectivity index (χ0) is 12.4. The van der Waals surface area contributed by atoms with E-state index >= 15 is 0 Å². The van der Waals surface area contributed by atoms with Crippen molar-refractivity contribution in [2.75, 3.05) is 0 Å². The molecule has 0 saturated carbocycles. The van der Waals surface area contributed by atoms with Crippen LogP contribution in [0.5, 0.6) is 0 Å². The lowest BCUT2D eigenvalue weighted by atomic mass is 10.1. The van der Waals surface area contributed by atoms with Crippen LogP contribution in [0.3, 0.4) is 0 Å². The second kappa shape index (κ2) is 4.85. The van der Waals surface area contributed by atoms with E-state index in [1.807, 2.05) is 32.0 Å². The Morgan fingerprint density at radius 2 is 2.18 bits per heavy atom. The van der Waals surface area contributed by atoms with Crippen molar-refractivity contribution in [3.05, 3.63) is 34.7 Å². The maximum Gasteiger partial charge on any atom is 0.248 e. The topological polar surface area (TPSA) is 64.9 Å². The van der Waals surface area contributed by atoms with E-state index in [0.29, 0.717) is 16.8 Å². The van der Waals surface area contributed by atoms with Gasteiger partial charge < -0.3 is 10.2 Å². The normalized spacial score (nSPS) is 12.7. The first-order chi connectivity index (χ1) is 8.11. The van der Waals surface area contributed by atoms with Crippen LogP contribution in [0.25, 0.3) is 11.5 Å². The number of aromatic nitrogens is 2. The Kier molecular flexibility index (Phi) is 3.45. The summed E-state index contributed by atoms with van der Waals surface area (Å²) in [4.78, 5) is 0. The Bertz CT molecular complexity index is 524. The minimum absolute atomic E-state index is 0.212.